The highest BCUT2D eigenvalue weighted by Gasteiger charge is 2.44. The second kappa shape index (κ2) is 9.68. The van der Waals surface area contributed by atoms with E-state index < -0.39 is 104 Å². The minimum absolute atomic E-state index is 0.410. The van der Waals surface area contributed by atoms with E-state index in [9.17, 15) is 50.9 Å². The fourth-order valence-corrected chi connectivity index (χ4v) is 3.43. The van der Waals surface area contributed by atoms with E-state index in [1.165, 1.54) is 18.2 Å². The van der Waals surface area contributed by atoms with Crippen LogP contribution in [-0.2, 0) is 0 Å². The molecule has 0 atom stereocenters. The molecule has 1 aliphatic rings. The molecular weight excluding hydrogens is 542 g/mol. The first-order valence-electron chi connectivity index (χ1n) is 9.87. The quantitative estimate of drug-likeness (QED) is 0.208. The van der Waals surface area contributed by atoms with E-state index in [0.29, 0.717) is 0 Å². The van der Waals surface area contributed by atoms with E-state index in [1.807, 2.05) is 0 Å². The Bertz CT molecular complexity index is 1620. The van der Waals surface area contributed by atoms with Crippen molar-refractivity contribution in [3.63, 3.8) is 0 Å². The second-order valence-corrected chi connectivity index (χ2v) is 7.20. The first-order valence-corrected chi connectivity index (χ1v) is 9.87. The van der Waals surface area contributed by atoms with Crippen molar-refractivity contribution >= 4 is 16.7 Å². The summed E-state index contributed by atoms with van der Waals surface area (Å²) in [6, 6.07) is 4.07. The van der Waals surface area contributed by atoms with Gasteiger partial charge in [0.15, 0.2) is 0 Å². The molecule has 0 unspecified atom stereocenters. The zero-order valence-corrected chi connectivity index (χ0v) is 18.5. The molecule has 3 aromatic heterocycles. The van der Waals surface area contributed by atoms with Crippen molar-refractivity contribution in [1.82, 2.24) is 29.9 Å². The third kappa shape index (κ3) is 4.40. The molecule has 0 aliphatic heterocycles. The fourth-order valence-electron chi connectivity index (χ4n) is 3.43. The predicted molar refractivity (Wildman–Crippen MR) is 108 cm³/mol. The molecule has 0 amide bonds. The Balaban J connectivity index is 2.23. The molecule has 0 radical (unpaired) electrons. The monoisotopic (exact) mass is 545 g/mol. The van der Waals surface area contributed by atoms with Gasteiger partial charge < -0.3 is 0 Å². The Morgan fingerprint density at radius 2 is 0.795 bits per heavy atom. The van der Waals surface area contributed by atoms with Gasteiger partial charge in [-0.05, 0) is 6.92 Å². The number of hydrogen-bond donors (Lipinski definition) is 0. The molecule has 0 spiro atoms. The molecule has 0 N–H and O–H groups in total. The smallest absolute Gasteiger partial charge is 0.229 e. The van der Waals surface area contributed by atoms with Gasteiger partial charge in [-0.3, -0.25) is 0 Å². The molecule has 17 heteroatoms. The van der Waals surface area contributed by atoms with Crippen LogP contribution in [0, 0.1) is 88.4 Å². The van der Waals surface area contributed by atoms with Crippen molar-refractivity contribution in [2.24, 2.45) is 0 Å². The van der Waals surface area contributed by atoms with Crippen molar-refractivity contribution in [3.8, 4) is 18.2 Å². The van der Waals surface area contributed by atoms with Crippen molar-refractivity contribution in [3.05, 3.63) is 87.1 Å². The Kier molecular flexibility index (Phi) is 6.56. The first kappa shape index (κ1) is 26.4. The molecule has 0 saturated heterocycles. The molecule has 3 heterocycles. The van der Waals surface area contributed by atoms with E-state index in [2.05, 4.69) is 29.9 Å². The number of nitrogens with zero attached hydrogens (tertiary/aromatic N) is 9. The van der Waals surface area contributed by atoms with Crippen LogP contribution in [-0.4, -0.2) is 29.9 Å². The van der Waals surface area contributed by atoms with Gasteiger partial charge in [0.05, 0.1) is 16.7 Å². The first-order chi connectivity index (χ1) is 18.4. The van der Waals surface area contributed by atoms with Crippen LogP contribution < -0.4 is 0 Å². The molecule has 4 rings (SSSR count). The minimum atomic E-state index is -2.06. The van der Waals surface area contributed by atoms with E-state index in [1.54, 1.807) is 0 Å². The molecule has 3 aromatic rings. The number of allylic oxidation sites excluding steroid dienone is 6. The molecule has 9 nitrogen and oxygen atoms in total. The lowest BCUT2D eigenvalue weighted by Gasteiger charge is -2.02. The zero-order chi connectivity index (χ0) is 28.8. The van der Waals surface area contributed by atoms with Crippen LogP contribution >= 0.6 is 0 Å². The molecular formula is C22H3F8N9. The maximum Gasteiger partial charge on any atom is 0.312 e. The topological polar surface area (TPSA) is 149 Å². The summed E-state index contributed by atoms with van der Waals surface area (Å²) in [5.41, 5.74) is -9.25. The summed E-state index contributed by atoms with van der Waals surface area (Å²) in [5.74, 6) is -12.0. The second-order valence-electron chi connectivity index (χ2n) is 7.20. The zero-order valence-electron chi connectivity index (χ0n) is 18.5. The summed E-state index contributed by atoms with van der Waals surface area (Å²) in [6.07, 6.45) is -3.72. The Morgan fingerprint density at radius 3 is 1.13 bits per heavy atom. The minimum Gasteiger partial charge on any atom is -0.229 e. The van der Waals surface area contributed by atoms with Gasteiger partial charge in [-0.1, -0.05) is 0 Å². The van der Waals surface area contributed by atoms with Crippen LogP contribution in [0.3, 0.4) is 0 Å². The van der Waals surface area contributed by atoms with Gasteiger partial charge in [0.25, 0.3) is 17.8 Å². The molecule has 1 aliphatic carbocycles. The van der Waals surface area contributed by atoms with Gasteiger partial charge in [-0.25, -0.2) is 9.97 Å². The summed E-state index contributed by atoms with van der Waals surface area (Å²) in [4.78, 5) is 17.6. The highest BCUT2D eigenvalue weighted by molar-refractivity contribution is 6.11. The van der Waals surface area contributed by atoms with Gasteiger partial charge in [0, 0.05) is 16.7 Å². The van der Waals surface area contributed by atoms with Crippen LogP contribution in [0.25, 0.3) is 16.7 Å². The largest absolute Gasteiger partial charge is 0.312 e. The number of halogens is 8. The van der Waals surface area contributed by atoms with E-state index in [-0.39, 0.29) is 0 Å². The maximum absolute atomic E-state index is 14.6. The van der Waals surface area contributed by atoms with Crippen LogP contribution in [0.2, 0.25) is 0 Å². The van der Waals surface area contributed by atoms with Crippen LogP contribution in [0.15, 0.2) is 16.7 Å². The molecule has 0 aromatic carbocycles. The average Bonchev–Trinajstić information content (AvgIpc) is 3.58. The number of hydrogen-bond acceptors (Lipinski definition) is 9. The van der Waals surface area contributed by atoms with Crippen molar-refractivity contribution in [1.29, 1.82) is 15.8 Å². The normalized spacial score (nSPS) is 16.2. The van der Waals surface area contributed by atoms with Crippen molar-refractivity contribution < 1.29 is 35.1 Å². The van der Waals surface area contributed by atoms with E-state index in [0.717, 1.165) is 6.92 Å². The van der Waals surface area contributed by atoms with Gasteiger partial charge in [0.1, 0.15) is 41.1 Å². The van der Waals surface area contributed by atoms with Gasteiger partial charge >= 0.3 is 12.2 Å². The molecule has 1 saturated carbocycles. The Labute approximate surface area is 210 Å². The molecule has 192 valence electrons. The highest BCUT2D eigenvalue weighted by Crippen LogP contribution is 2.55. The fraction of sp³-hybridized carbons (Fsp3) is 0.0455. The highest BCUT2D eigenvalue weighted by atomic mass is 19.2. The van der Waals surface area contributed by atoms with Crippen molar-refractivity contribution in [2.75, 3.05) is 0 Å². The Morgan fingerprint density at radius 1 is 0.487 bits per heavy atom. The lowest BCUT2D eigenvalue weighted by Crippen LogP contribution is -2.05. The lowest BCUT2D eigenvalue weighted by atomic mass is 10.1. The summed E-state index contributed by atoms with van der Waals surface area (Å²) < 4.78 is 113. The van der Waals surface area contributed by atoms with E-state index >= 15 is 0 Å². The SMILES string of the molecule is Cc1nc(F)c(F)c(/C(C#N)=C2/C(=C(C#N)c3nc(F)nc(F)c3F)/C2=C(/C#N)c2nc(F)nc(F)c2F)n1. The predicted octanol–water partition coefficient (Wildman–Crippen LogP) is 3.72. The Hall–Kier alpha value is -5.63. The summed E-state index contributed by atoms with van der Waals surface area (Å²) in [5, 5.41) is 29.2. The standard InChI is InChI=1S/C22H3F8N9/c1-5-34-15(12(23)18(26)35-5)6(2-31)9-10(7(3-32)16-13(24)19(27)38-21(29)36-16)11(9)8(4-33)17-14(25)20(28)39-22(30)37-17/h1H3/b9-6-,10-7?,11-8-. The van der Waals surface area contributed by atoms with Gasteiger partial charge in [-0.2, -0.15) is 70.8 Å². The lowest BCUT2D eigenvalue weighted by molar-refractivity contribution is 0.423. The van der Waals surface area contributed by atoms with Crippen LogP contribution in [0.1, 0.15) is 22.9 Å². The third-order valence-electron chi connectivity index (χ3n) is 4.97. The number of nitriles is 3. The summed E-state index contributed by atoms with van der Waals surface area (Å²) >= 11 is 0. The van der Waals surface area contributed by atoms with Gasteiger partial charge in [0.2, 0.25) is 17.5 Å². The summed E-state index contributed by atoms with van der Waals surface area (Å²) in [7, 11) is 0. The van der Waals surface area contributed by atoms with E-state index in [4.69, 9.17) is 0 Å². The number of aromatic nitrogens is 6. The van der Waals surface area contributed by atoms with Crippen molar-refractivity contribution in [2.45, 2.75) is 6.92 Å². The number of rotatable bonds is 3. The maximum atomic E-state index is 14.6. The van der Waals surface area contributed by atoms with Crippen LogP contribution in [0.5, 0.6) is 0 Å². The molecule has 0 bridgehead atoms. The molecule has 1 fully saturated rings. The third-order valence-corrected chi connectivity index (χ3v) is 4.97. The summed E-state index contributed by atoms with van der Waals surface area (Å²) in [6.45, 7) is 1.09. The van der Waals surface area contributed by atoms with Gasteiger partial charge in [-0.15, -0.1) is 0 Å². The molecule has 39 heavy (non-hydrogen) atoms. The van der Waals surface area contributed by atoms with Crippen LogP contribution in [0.4, 0.5) is 35.1 Å². The number of aryl methyl sites for hydroxylation is 1. The average molecular weight is 545 g/mol.